The number of aryl methyl sites for hydroxylation is 1. The van der Waals surface area contributed by atoms with Crippen LogP contribution in [-0.2, 0) is 4.79 Å². The maximum atomic E-state index is 11.8. The SMILES string of the molecule is Cc1ccc(N2CCCC2=O)cc1-c1ccco1. The lowest BCUT2D eigenvalue weighted by Gasteiger charge is -2.17. The molecule has 2 aromatic rings. The zero-order valence-corrected chi connectivity index (χ0v) is 10.3. The Morgan fingerprint density at radius 1 is 1.28 bits per heavy atom. The minimum atomic E-state index is 0.212. The third-order valence-corrected chi connectivity index (χ3v) is 3.39. The molecular formula is C15H15NO2. The summed E-state index contributed by atoms with van der Waals surface area (Å²) >= 11 is 0. The molecule has 0 atom stereocenters. The summed E-state index contributed by atoms with van der Waals surface area (Å²) < 4.78 is 5.44. The molecule has 2 heterocycles. The minimum Gasteiger partial charge on any atom is -0.464 e. The summed E-state index contributed by atoms with van der Waals surface area (Å²) in [7, 11) is 0. The van der Waals surface area contributed by atoms with Crippen molar-refractivity contribution in [3.8, 4) is 11.3 Å². The second-order valence-electron chi connectivity index (χ2n) is 4.63. The molecule has 0 N–H and O–H groups in total. The lowest BCUT2D eigenvalue weighted by atomic mass is 10.1. The van der Waals surface area contributed by atoms with Gasteiger partial charge in [-0.25, -0.2) is 0 Å². The van der Waals surface area contributed by atoms with Crippen molar-refractivity contribution in [1.29, 1.82) is 0 Å². The van der Waals surface area contributed by atoms with Crippen molar-refractivity contribution in [2.75, 3.05) is 11.4 Å². The van der Waals surface area contributed by atoms with Crippen LogP contribution in [0.1, 0.15) is 18.4 Å². The second kappa shape index (κ2) is 4.33. The Balaban J connectivity index is 2.03. The first-order valence-corrected chi connectivity index (χ1v) is 6.20. The lowest BCUT2D eigenvalue weighted by Crippen LogP contribution is -2.23. The number of carbonyl (C=O) groups excluding carboxylic acids is 1. The molecule has 1 aromatic heterocycles. The summed E-state index contributed by atoms with van der Waals surface area (Å²) in [5.41, 5.74) is 3.17. The highest BCUT2D eigenvalue weighted by Crippen LogP contribution is 2.30. The molecule has 18 heavy (non-hydrogen) atoms. The van der Waals surface area contributed by atoms with Crippen LogP contribution in [0.2, 0.25) is 0 Å². The summed E-state index contributed by atoms with van der Waals surface area (Å²) in [6, 6.07) is 9.90. The number of carbonyl (C=O) groups is 1. The van der Waals surface area contributed by atoms with Crippen molar-refractivity contribution in [1.82, 2.24) is 0 Å². The molecule has 1 fully saturated rings. The van der Waals surface area contributed by atoms with E-state index in [-0.39, 0.29) is 5.91 Å². The summed E-state index contributed by atoms with van der Waals surface area (Å²) in [5, 5.41) is 0. The molecule has 0 radical (unpaired) electrons. The summed E-state index contributed by atoms with van der Waals surface area (Å²) in [5.74, 6) is 1.06. The van der Waals surface area contributed by atoms with Gasteiger partial charge in [-0.3, -0.25) is 4.79 Å². The van der Waals surface area contributed by atoms with Crippen LogP contribution in [0.3, 0.4) is 0 Å². The van der Waals surface area contributed by atoms with E-state index < -0.39 is 0 Å². The van der Waals surface area contributed by atoms with Gasteiger partial charge in [-0.2, -0.15) is 0 Å². The fourth-order valence-corrected chi connectivity index (χ4v) is 2.40. The molecule has 0 unspecified atom stereocenters. The molecule has 3 heteroatoms. The smallest absolute Gasteiger partial charge is 0.227 e. The number of anilines is 1. The molecule has 3 nitrogen and oxygen atoms in total. The van der Waals surface area contributed by atoms with Crippen LogP contribution in [0.15, 0.2) is 41.0 Å². The van der Waals surface area contributed by atoms with E-state index >= 15 is 0 Å². The summed E-state index contributed by atoms with van der Waals surface area (Å²) in [6.45, 7) is 2.87. The van der Waals surface area contributed by atoms with Gasteiger partial charge < -0.3 is 9.32 Å². The molecule has 1 aliphatic heterocycles. The first-order valence-electron chi connectivity index (χ1n) is 6.20. The third kappa shape index (κ3) is 1.82. The number of amides is 1. The monoisotopic (exact) mass is 241 g/mol. The van der Waals surface area contributed by atoms with Gasteiger partial charge in [-0.15, -0.1) is 0 Å². The van der Waals surface area contributed by atoms with Gasteiger partial charge in [0.25, 0.3) is 0 Å². The van der Waals surface area contributed by atoms with Crippen LogP contribution >= 0.6 is 0 Å². The highest BCUT2D eigenvalue weighted by atomic mass is 16.3. The van der Waals surface area contributed by atoms with Gasteiger partial charge >= 0.3 is 0 Å². The van der Waals surface area contributed by atoms with Crippen LogP contribution in [0.5, 0.6) is 0 Å². The Kier molecular flexibility index (Phi) is 2.67. The minimum absolute atomic E-state index is 0.212. The molecule has 0 saturated carbocycles. The Morgan fingerprint density at radius 2 is 2.17 bits per heavy atom. The van der Waals surface area contributed by atoms with E-state index in [4.69, 9.17) is 4.42 Å². The number of benzene rings is 1. The van der Waals surface area contributed by atoms with Crippen molar-refractivity contribution >= 4 is 11.6 Å². The third-order valence-electron chi connectivity index (χ3n) is 3.39. The van der Waals surface area contributed by atoms with Gasteiger partial charge in [0.2, 0.25) is 5.91 Å². The average Bonchev–Trinajstić information content (AvgIpc) is 3.01. The fraction of sp³-hybridized carbons (Fsp3) is 0.267. The van der Waals surface area contributed by atoms with E-state index in [2.05, 4.69) is 0 Å². The molecule has 1 aromatic carbocycles. The van der Waals surface area contributed by atoms with E-state index in [1.807, 2.05) is 42.2 Å². The first-order chi connectivity index (χ1) is 8.75. The van der Waals surface area contributed by atoms with Gasteiger partial charge in [0, 0.05) is 24.2 Å². The highest BCUT2D eigenvalue weighted by molar-refractivity contribution is 5.96. The summed E-state index contributed by atoms with van der Waals surface area (Å²) in [4.78, 5) is 13.6. The molecule has 3 rings (SSSR count). The maximum absolute atomic E-state index is 11.8. The van der Waals surface area contributed by atoms with Crippen molar-refractivity contribution in [3.63, 3.8) is 0 Å². The molecule has 0 bridgehead atoms. The van der Waals surface area contributed by atoms with Gasteiger partial charge in [0.05, 0.1) is 6.26 Å². The quantitative estimate of drug-likeness (QED) is 0.807. The van der Waals surface area contributed by atoms with Crippen molar-refractivity contribution in [2.24, 2.45) is 0 Å². The normalized spacial score (nSPS) is 15.4. The fourth-order valence-electron chi connectivity index (χ4n) is 2.40. The van der Waals surface area contributed by atoms with Crippen molar-refractivity contribution < 1.29 is 9.21 Å². The van der Waals surface area contributed by atoms with Crippen LogP contribution in [-0.4, -0.2) is 12.5 Å². The largest absolute Gasteiger partial charge is 0.464 e. The van der Waals surface area contributed by atoms with Crippen LogP contribution in [0.4, 0.5) is 5.69 Å². The molecular weight excluding hydrogens is 226 g/mol. The predicted molar refractivity (Wildman–Crippen MR) is 70.5 cm³/mol. The van der Waals surface area contributed by atoms with Crippen molar-refractivity contribution in [3.05, 3.63) is 42.2 Å². The van der Waals surface area contributed by atoms with E-state index in [0.717, 1.165) is 35.5 Å². The molecule has 1 aliphatic rings. The first kappa shape index (κ1) is 11.1. The number of hydrogen-bond donors (Lipinski definition) is 0. The van der Waals surface area contributed by atoms with E-state index in [9.17, 15) is 4.79 Å². The zero-order chi connectivity index (χ0) is 12.5. The number of hydrogen-bond acceptors (Lipinski definition) is 2. The van der Waals surface area contributed by atoms with E-state index in [0.29, 0.717) is 6.42 Å². The maximum Gasteiger partial charge on any atom is 0.227 e. The molecule has 0 spiro atoms. The molecule has 1 saturated heterocycles. The van der Waals surface area contributed by atoms with Gasteiger partial charge in [0.15, 0.2) is 0 Å². The van der Waals surface area contributed by atoms with Gasteiger partial charge in [0.1, 0.15) is 5.76 Å². The van der Waals surface area contributed by atoms with Crippen LogP contribution in [0, 0.1) is 6.92 Å². The van der Waals surface area contributed by atoms with Crippen molar-refractivity contribution in [2.45, 2.75) is 19.8 Å². The molecule has 1 amide bonds. The predicted octanol–water partition coefficient (Wildman–Crippen LogP) is 3.38. The highest BCUT2D eigenvalue weighted by Gasteiger charge is 2.22. The average molecular weight is 241 g/mol. The topological polar surface area (TPSA) is 33.5 Å². The van der Waals surface area contributed by atoms with Crippen LogP contribution < -0.4 is 4.90 Å². The van der Waals surface area contributed by atoms with E-state index in [1.165, 1.54) is 0 Å². The second-order valence-corrected chi connectivity index (χ2v) is 4.63. The number of rotatable bonds is 2. The zero-order valence-electron chi connectivity index (χ0n) is 10.3. The Bertz CT molecular complexity index is 572. The van der Waals surface area contributed by atoms with Gasteiger partial charge in [-0.05, 0) is 43.2 Å². The number of nitrogens with zero attached hydrogens (tertiary/aromatic N) is 1. The van der Waals surface area contributed by atoms with E-state index in [1.54, 1.807) is 6.26 Å². The Morgan fingerprint density at radius 3 is 2.83 bits per heavy atom. The lowest BCUT2D eigenvalue weighted by molar-refractivity contribution is -0.117. The molecule has 92 valence electrons. The molecule has 0 aliphatic carbocycles. The number of furan rings is 1. The Labute approximate surface area is 106 Å². The van der Waals surface area contributed by atoms with Crippen LogP contribution in [0.25, 0.3) is 11.3 Å². The summed E-state index contributed by atoms with van der Waals surface area (Å²) in [6.07, 6.45) is 3.27. The Hall–Kier alpha value is -2.03. The van der Waals surface area contributed by atoms with Gasteiger partial charge in [-0.1, -0.05) is 6.07 Å². The standard InChI is InChI=1S/C15H15NO2/c1-11-6-7-12(16-8-2-5-15(16)17)10-13(11)14-4-3-9-18-14/h3-4,6-7,9-10H,2,5,8H2,1H3.